The number of nitrogens with zero attached hydrogens (tertiary/aromatic N) is 2. The topological polar surface area (TPSA) is 61.9 Å². The minimum absolute atomic E-state index is 0. The van der Waals surface area contributed by atoms with E-state index >= 15 is 0 Å². The summed E-state index contributed by atoms with van der Waals surface area (Å²) in [6.45, 7) is 3.34. The summed E-state index contributed by atoms with van der Waals surface area (Å²) in [6.07, 6.45) is 1.44. The van der Waals surface area contributed by atoms with Crippen LogP contribution in [0.4, 0.5) is 4.39 Å². The molecule has 2 amide bonds. The molecule has 0 aliphatic carbocycles. The van der Waals surface area contributed by atoms with Crippen LogP contribution >= 0.6 is 12.4 Å². The van der Waals surface area contributed by atoms with Crippen molar-refractivity contribution in [2.24, 2.45) is 5.41 Å². The van der Waals surface area contributed by atoms with Crippen molar-refractivity contribution >= 4 is 24.2 Å². The van der Waals surface area contributed by atoms with Crippen LogP contribution in [0.2, 0.25) is 0 Å². The van der Waals surface area contributed by atoms with Crippen molar-refractivity contribution < 1.29 is 18.7 Å². The zero-order valence-corrected chi connectivity index (χ0v) is 16.4. The van der Waals surface area contributed by atoms with Crippen molar-refractivity contribution in [3.05, 3.63) is 35.6 Å². The summed E-state index contributed by atoms with van der Waals surface area (Å²) in [5, 5.41) is 3.27. The van der Waals surface area contributed by atoms with Crippen LogP contribution in [0.3, 0.4) is 0 Å². The highest BCUT2D eigenvalue weighted by Gasteiger charge is 2.43. The fourth-order valence-corrected chi connectivity index (χ4v) is 3.84. The van der Waals surface area contributed by atoms with E-state index in [9.17, 15) is 14.0 Å². The maximum absolute atomic E-state index is 13.3. The Bertz CT molecular complexity index is 662. The van der Waals surface area contributed by atoms with E-state index in [2.05, 4.69) is 5.32 Å². The van der Waals surface area contributed by atoms with Gasteiger partial charge in [0, 0.05) is 26.7 Å². The first-order valence-corrected chi connectivity index (χ1v) is 9.05. The number of rotatable bonds is 5. The van der Waals surface area contributed by atoms with Crippen LogP contribution in [0, 0.1) is 11.2 Å². The van der Waals surface area contributed by atoms with Crippen molar-refractivity contribution in [2.75, 3.05) is 46.4 Å². The van der Waals surface area contributed by atoms with Crippen LogP contribution in [-0.4, -0.2) is 68.1 Å². The third-order valence-corrected chi connectivity index (χ3v) is 5.30. The quantitative estimate of drug-likeness (QED) is 0.813. The highest BCUT2D eigenvalue weighted by Crippen LogP contribution is 2.32. The molecular weight excluding hydrogens is 373 g/mol. The van der Waals surface area contributed by atoms with E-state index < -0.39 is 5.41 Å². The Balaban J connectivity index is 0.00000261. The van der Waals surface area contributed by atoms with Crippen LogP contribution in [0.25, 0.3) is 0 Å². The van der Waals surface area contributed by atoms with Gasteiger partial charge in [0.2, 0.25) is 11.8 Å². The lowest BCUT2D eigenvalue weighted by Gasteiger charge is -2.42. The van der Waals surface area contributed by atoms with Gasteiger partial charge in [0.1, 0.15) is 5.82 Å². The zero-order valence-electron chi connectivity index (χ0n) is 15.6. The minimum Gasteiger partial charge on any atom is -0.384 e. The van der Waals surface area contributed by atoms with Crippen molar-refractivity contribution in [1.29, 1.82) is 0 Å². The molecular formula is C19H27ClFN3O3. The summed E-state index contributed by atoms with van der Waals surface area (Å²) in [4.78, 5) is 29.0. The third-order valence-electron chi connectivity index (χ3n) is 5.30. The van der Waals surface area contributed by atoms with E-state index in [4.69, 9.17) is 4.74 Å². The molecule has 8 heteroatoms. The standard InChI is InChI=1S/C19H26FN3O3.ClH/c1-26-14-19(5-7-21-8-6-19)18(25)23-10-9-22(17(24)13-23)12-15-3-2-4-16(20)11-15;/h2-4,11,21H,5-10,12-14H2,1H3;1H. The Labute approximate surface area is 165 Å². The summed E-state index contributed by atoms with van der Waals surface area (Å²) in [6, 6.07) is 6.26. The molecule has 2 aliphatic rings. The average Bonchev–Trinajstić information content (AvgIpc) is 2.64. The molecule has 0 unspecified atom stereocenters. The Morgan fingerprint density at radius 3 is 2.67 bits per heavy atom. The molecule has 2 saturated heterocycles. The lowest BCUT2D eigenvalue weighted by molar-refractivity contribution is -0.155. The van der Waals surface area contributed by atoms with Crippen LogP contribution in [-0.2, 0) is 20.9 Å². The van der Waals surface area contributed by atoms with Gasteiger partial charge in [-0.3, -0.25) is 9.59 Å². The lowest BCUT2D eigenvalue weighted by Crippen LogP contribution is -2.58. The maximum atomic E-state index is 13.3. The van der Waals surface area contributed by atoms with Crippen molar-refractivity contribution in [3.8, 4) is 0 Å². The normalized spacial score (nSPS) is 19.6. The van der Waals surface area contributed by atoms with Gasteiger partial charge >= 0.3 is 0 Å². The highest BCUT2D eigenvalue weighted by molar-refractivity contribution is 5.89. The monoisotopic (exact) mass is 399 g/mol. The van der Waals surface area contributed by atoms with Gasteiger partial charge in [0.25, 0.3) is 0 Å². The van der Waals surface area contributed by atoms with Crippen molar-refractivity contribution in [3.63, 3.8) is 0 Å². The van der Waals surface area contributed by atoms with Gasteiger partial charge < -0.3 is 19.9 Å². The molecule has 1 N–H and O–H groups in total. The summed E-state index contributed by atoms with van der Waals surface area (Å²) >= 11 is 0. The molecule has 0 saturated carbocycles. The third kappa shape index (κ3) is 4.97. The Morgan fingerprint density at radius 2 is 2.04 bits per heavy atom. The number of nitrogens with one attached hydrogen (secondary N) is 1. The molecule has 2 fully saturated rings. The molecule has 0 spiro atoms. The molecule has 0 radical (unpaired) electrons. The summed E-state index contributed by atoms with van der Waals surface area (Å²) in [5.41, 5.74) is 0.220. The number of hydrogen-bond donors (Lipinski definition) is 1. The van der Waals surface area contributed by atoms with E-state index in [1.54, 1.807) is 29.0 Å². The number of halogens is 2. The SMILES string of the molecule is COCC1(C(=O)N2CCN(Cc3cccc(F)c3)C(=O)C2)CCNCC1.Cl. The predicted octanol–water partition coefficient (Wildman–Crippen LogP) is 1.43. The van der Waals surface area contributed by atoms with E-state index in [1.165, 1.54) is 12.1 Å². The first-order valence-electron chi connectivity index (χ1n) is 9.05. The average molecular weight is 400 g/mol. The van der Waals surface area contributed by atoms with E-state index in [1.807, 2.05) is 0 Å². The van der Waals surface area contributed by atoms with Crippen LogP contribution in [0.5, 0.6) is 0 Å². The van der Waals surface area contributed by atoms with E-state index in [0.717, 1.165) is 31.5 Å². The van der Waals surface area contributed by atoms with Gasteiger partial charge in [-0.2, -0.15) is 0 Å². The molecule has 27 heavy (non-hydrogen) atoms. The van der Waals surface area contributed by atoms with Crippen LogP contribution in [0.1, 0.15) is 18.4 Å². The van der Waals surface area contributed by atoms with Gasteiger partial charge in [0.05, 0.1) is 18.6 Å². The minimum atomic E-state index is -0.537. The van der Waals surface area contributed by atoms with Gasteiger partial charge in [-0.1, -0.05) is 12.1 Å². The number of ether oxygens (including phenoxy) is 1. The van der Waals surface area contributed by atoms with Crippen LogP contribution < -0.4 is 5.32 Å². The largest absolute Gasteiger partial charge is 0.384 e. The number of piperidine rings is 1. The number of carbonyl (C=O) groups excluding carboxylic acids is 2. The number of amides is 2. The molecule has 2 aliphatic heterocycles. The van der Waals surface area contributed by atoms with Gasteiger partial charge in [-0.15, -0.1) is 12.4 Å². The van der Waals surface area contributed by atoms with Crippen molar-refractivity contribution in [2.45, 2.75) is 19.4 Å². The number of carbonyl (C=O) groups is 2. The second kappa shape index (κ2) is 9.48. The second-order valence-corrected chi connectivity index (χ2v) is 7.14. The van der Waals surface area contributed by atoms with E-state index in [0.29, 0.717) is 26.2 Å². The number of hydrogen-bond acceptors (Lipinski definition) is 4. The molecule has 6 nitrogen and oxygen atoms in total. The first kappa shape index (κ1) is 21.6. The molecule has 150 valence electrons. The Morgan fingerprint density at radius 1 is 1.30 bits per heavy atom. The molecule has 1 aromatic carbocycles. The number of piperazine rings is 1. The highest BCUT2D eigenvalue weighted by atomic mass is 35.5. The predicted molar refractivity (Wildman–Crippen MR) is 102 cm³/mol. The zero-order chi connectivity index (χ0) is 18.6. The second-order valence-electron chi connectivity index (χ2n) is 7.14. The molecule has 2 heterocycles. The Kier molecular flexibility index (Phi) is 7.59. The van der Waals surface area contributed by atoms with Gasteiger partial charge in [-0.05, 0) is 43.6 Å². The Hall–Kier alpha value is -1.70. The summed E-state index contributed by atoms with van der Waals surface area (Å²) in [5.74, 6) is -0.397. The van der Waals surface area contributed by atoms with Crippen LogP contribution in [0.15, 0.2) is 24.3 Å². The fourth-order valence-electron chi connectivity index (χ4n) is 3.84. The smallest absolute Gasteiger partial charge is 0.242 e. The van der Waals surface area contributed by atoms with Crippen molar-refractivity contribution in [1.82, 2.24) is 15.1 Å². The molecule has 0 bridgehead atoms. The maximum Gasteiger partial charge on any atom is 0.242 e. The number of benzene rings is 1. The van der Waals surface area contributed by atoms with E-state index in [-0.39, 0.29) is 36.6 Å². The van der Waals surface area contributed by atoms with Gasteiger partial charge in [-0.25, -0.2) is 4.39 Å². The lowest BCUT2D eigenvalue weighted by atomic mass is 9.78. The summed E-state index contributed by atoms with van der Waals surface area (Å²) in [7, 11) is 1.61. The molecule has 0 atom stereocenters. The van der Waals surface area contributed by atoms with Gasteiger partial charge in [0.15, 0.2) is 0 Å². The molecule has 3 rings (SSSR count). The fraction of sp³-hybridized carbons (Fsp3) is 0.579. The summed E-state index contributed by atoms with van der Waals surface area (Å²) < 4.78 is 18.7. The first-order chi connectivity index (χ1) is 12.5. The number of methoxy groups -OCH3 is 1. The molecule has 1 aromatic rings. The molecule has 0 aromatic heterocycles.